The number of ether oxygens (including phenoxy) is 3. The van der Waals surface area contributed by atoms with E-state index in [0.29, 0.717) is 26.4 Å². The van der Waals surface area contributed by atoms with Gasteiger partial charge in [0.15, 0.2) is 0 Å². The molecule has 0 saturated carbocycles. The highest BCUT2D eigenvalue weighted by Gasteiger charge is 2.23. The van der Waals surface area contributed by atoms with Crippen LogP contribution in [0, 0.1) is 11.3 Å². The Bertz CT molecular complexity index is 318. The van der Waals surface area contributed by atoms with Crippen LogP contribution in [-0.4, -0.2) is 61.8 Å². The maximum absolute atomic E-state index is 10.4. The average molecular weight is 306 g/mol. The van der Waals surface area contributed by atoms with Crippen LogP contribution in [0.2, 0.25) is 0 Å². The van der Waals surface area contributed by atoms with Crippen LogP contribution in [0.3, 0.4) is 0 Å². The van der Waals surface area contributed by atoms with Crippen molar-refractivity contribution in [3.63, 3.8) is 0 Å². The van der Waals surface area contributed by atoms with Gasteiger partial charge in [0.25, 0.3) is 0 Å². The second kappa shape index (κ2) is 10.5. The Kier molecular flexibility index (Phi) is 9.94. The maximum atomic E-state index is 10.4. The third-order valence-corrected chi connectivity index (χ3v) is 3.01. The summed E-state index contributed by atoms with van der Waals surface area (Å²) in [5.41, 5.74) is -0.239. The van der Waals surface area contributed by atoms with Crippen molar-refractivity contribution in [2.45, 2.75) is 27.2 Å². The molecule has 124 valence electrons. The van der Waals surface area contributed by atoms with Gasteiger partial charge in [-0.3, -0.25) is 0 Å². The van der Waals surface area contributed by atoms with Crippen molar-refractivity contribution in [1.29, 1.82) is 0 Å². The third-order valence-electron chi connectivity index (χ3n) is 3.01. The summed E-state index contributed by atoms with van der Waals surface area (Å²) in [6.07, 6.45) is 0.802. The Hall–Kier alpha value is -1.18. The highest BCUT2D eigenvalue weighted by molar-refractivity contribution is 5.68. The molecule has 0 heterocycles. The second-order valence-electron chi connectivity index (χ2n) is 5.58. The molecule has 7 nitrogen and oxygen atoms in total. The van der Waals surface area contributed by atoms with E-state index in [4.69, 9.17) is 24.4 Å². The first-order valence-electron chi connectivity index (χ1n) is 6.96. The summed E-state index contributed by atoms with van der Waals surface area (Å²) in [5, 5.41) is 17.0. The van der Waals surface area contributed by atoms with Gasteiger partial charge in [-0.05, 0) is 6.42 Å². The number of carbonyl (C=O) groups is 2. The van der Waals surface area contributed by atoms with Crippen molar-refractivity contribution in [2.24, 2.45) is 11.3 Å². The van der Waals surface area contributed by atoms with Gasteiger partial charge in [0.1, 0.15) is 13.2 Å². The zero-order valence-electron chi connectivity index (χ0n) is 13.0. The van der Waals surface area contributed by atoms with E-state index in [1.807, 2.05) is 20.8 Å². The molecule has 2 N–H and O–H groups in total. The number of carboxylic acids is 2. The van der Waals surface area contributed by atoms with Crippen molar-refractivity contribution in [2.75, 3.05) is 39.6 Å². The van der Waals surface area contributed by atoms with Gasteiger partial charge in [-0.1, -0.05) is 20.8 Å². The molecule has 2 unspecified atom stereocenters. The van der Waals surface area contributed by atoms with Gasteiger partial charge in [0.05, 0.1) is 26.4 Å². The summed E-state index contributed by atoms with van der Waals surface area (Å²) in [5.74, 6) is -1.89. The molecule has 0 aliphatic carbocycles. The molecule has 0 aromatic heterocycles. The topological polar surface area (TPSA) is 102 Å². The van der Waals surface area contributed by atoms with E-state index in [2.05, 4.69) is 0 Å². The minimum atomic E-state index is -0.989. The second-order valence-corrected chi connectivity index (χ2v) is 5.58. The van der Waals surface area contributed by atoms with Crippen LogP contribution in [0.1, 0.15) is 27.2 Å². The van der Waals surface area contributed by atoms with Gasteiger partial charge >= 0.3 is 11.9 Å². The average Bonchev–Trinajstić information content (AvgIpc) is 2.37. The molecule has 0 amide bonds. The lowest BCUT2D eigenvalue weighted by Crippen LogP contribution is -2.30. The molecule has 0 rings (SSSR count). The molecular formula is C14H26O7. The van der Waals surface area contributed by atoms with E-state index in [-0.39, 0.29) is 24.5 Å². The summed E-state index contributed by atoms with van der Waals surface area (Å²) in [7, 11) is 0. The van der Waals surface area contributed by atoms with Crippen molar-refractivity contribution in [3.8, 4) is 0 Å². The molecule has 0 radical (unpaired) electrons. The molecule has 0 aliphatic heterocycles. The van der Waals surface area contributed by atoms with E-state index < -0.39 is 11.9 Å². The predicted octanol–water partition coefficient (Wildman–Crippen LogP) is 1.26. The van der Waals surface area contributed by atoms with Gasteiger partial charge in [0.2, 0.25) is 0 Å². The lowest BCUT2D eigenvalue weighted by molar-refractivity contribution is -0.144. The first-order chi connectivity index (χ1) is 9.79. The summed E-state index contributed by atoms with van der Waals surface area (Å²) in [6, 6.07) is 0. The van der Waals surface area contributed by atoms with Gasteiger partial charge in [-0.2, -0.15) is 0 Å². The number of hydrogen-bond acceptors (Lipinski definition) is 5. The van der Waals surface area contributed by atoms with Crippen LogP contribution in [-0.2, 0) is 23.8 Å². The largest absolute Gasteiger partial charge is 0.480 e. The Labute approximate surface area is 125 Å². The molecule has 0 fully saturated rings. The summed E-state index contributed by atoms with van der Waals surface area (Å²) < 4.78 is 15.7. The Morgan fingerprint density at radius 3 is 2.00 bits per heavy atom. The van der Waals surface area contributed by atoms with Gasteiger partial charge in [0, 0.05) is 11.3 Å². The molecule has 0 aromatic carbocycles. The minimum Gasteiger partial charge on any atom is -0.480 e. The molecular weight excluding hydrogens is 280 g/mol. The predicted molar refractivity (Wildman–Crippen MR) is 75.3 cm³/mol. The Morgan fingerprint density at radius 1 is 1.00 bits per heavy atom. The number of carboxylic acid groups (broad SMARTS) is 2. The SMILES string of the molecule is CCC(C)(COCC(=O)O)COCC(C)COCC(=O)O. The van der Waals surface area contributed by atoms with Crippen LogP contribution in [0.15, 0.2) is 0 Å². The highest BCUT2D eigenvalue weighted by atomic mass is 16.5. The lowest BCUT2D eigenvalue weighted by atomic mass is 9.90. The normalized spacial score (nSPS) is 15.4. The van der Waals surface area contributed by atoms with Crippen LogP contribution in [0.25, 0.3) is 0 Å². The fourth-order valence-corrected chi connectivity index (χ4v) is 1.53. The summed E-state index contributed by atoms with van der Waals surface area (Å²) in [6.45, 7) is 6.80. The van der Waals surface area contributed by atoms with Crippen LogP contribution in [0.4, 0.5) is 0 Å². The maximum Gasteiger partial charge on any atom is 0.329 e. The molecule has 0 bridgehead atoms. The third kappa shape index (κ3) is 11.2. The minimum absolute atomic E-state index is 0.0883. The summed E-state index contributed by atoms with van der Waals surface area (Å²) >= 11 is 0. The van der Waals surface area contributed by atoms with Crippen molar-refractivity contribution in [1.82, 2.24) is 0 Å². The lowest BCUT2D eigenvalue weighted by Gasteiger charge is -2.28. The first-order valence-corrected chi connectivity index (χ1v) is 6.96. The number of rotatable bonds is 13. The van der Waals surface area contributed by atoms with Crippen LogP contribution in [0.5, 0.6) is 0 Å². The van der Waals surface area contributed by atoms with Gasteiger partial charge in [-0.15, -0.1) is 0 Å². The zero-order chi connectivity index (χ0) is 16.3. The molecule has 7 heteroatoms. The van der Waals surface area contributed by atoms with Crippen molar-refractivity contribution >= 4 is 11.9 Å². The van der Waals surface area contributed by atoms with Crippen LogP contribution >= 0.6 is 0 Å². The van der Waals surface area contributed by atoms with Crippen molar-refractivity contribution in [3.05, 3.63) is 0 Å². The standard InChI is InChI=1S/C14H26O7/c1-4-14(3,10-21-8-13(17)18)9-20-6-11(2)5-19-7-12(15)16/h11H,4-10H2,1-3H3,(H,15,16)(H,17,18). The number of hydrogen-bond donors (Lipinski definition) is 2. The molecule has 21 heavy (non-hydrogen) atoms. The molecule has 0 saturated heterocycles. The van der Waals surface area contributed by atoms with Gasteiger partial charge in [-0.25, -0.2) is 9.59 Å². The fraction of sp³-hybridized carbons (Fsp3) is 0.857. The zero-order valence-corrected chi connectivity index (χ0v) is 13.0. The fourth-order valence-electron chi connectivity index (χ4n) is 1.53. The first kappa shape index (κ1) is 19.8. The highest BCUT2D eigenvalue weighted by Crippen LogP contribution is 2.22. The van der Waals surface area contributed by atoms with E-state index in [0.717, 1.165) is 6.42 Å². The molecule has 0 aromatic rings. The summed E-state index contributed by atoms with van der Waals surface area (Å²) in [4.78, 5) is 20.7. The van der Waals surface area contributed by atoms with E-state index >= 15 is 0 Å². The van der Waals surface area contributed by atoms with E-state index in [1.165, 1.54) is 0 Å². The van der Waals surface area contributed by atoms with E-state index in [1.54, 1.807) is 0 Å². The van der Waals surface area contributed by atoms with Crippen LogP contribution < -0.4 is 0 Å². The number of aliphatic carboxylic acids is 2. The molecule has 0 spiro atoms. The van der Waals surface area contributed by atoms with E-state index in [9.17, 15) is 9.59 Å². The molecule has 2 atom stereocenters. The van der Waals surface area contributed by atoms with Gasteiger partial charge < -0.3 is 24.4 Å². The monoisotopic (exact) mass is 306 g/mol. The quantitative estimate of drug-likeness (QED) is 0.528. The molecule has 0 aliphatic rings. The smallest absolute Gasteiger partial charge is 0.329 e. The van der Waals surface area contributed by atoms with Crippen molar-refractivity contribution < 1.29 is 34.0 Å². The Morgan fingerprint density at radius 2 is 1.48 bits per heavy atom. The Balaban J connectivity index is 3.87.